The van der Waals surface area contributed by atoms with Gasteiger partial charge in [-0.05, 0) is 57.2 Å². The van der Waals surface area contributed by atoms with Crippen LogP contribution < -0.4 is 19.7 Å². The number of aliphatic hydroxyl groups excluding tert-OH is 1. The van der Waals surface area contributed by atoms with Gasteiger partial charge in [-0.1, -0.05) is 30.3 Å². The van der Waals surface area contributed by atoms with Crippen LogP contribution in [0.4, 0.5) is 16.2 Å². The maximum absolute atomic E-state index is 13.4. The van der Waals surface area contributed by atoms with Crippen LogP contribution >= 0.6 is 0 Å². The van der Waals surface area contributed by atoms with Gasteiger partial charge < -0.3 is 34.4 Å². The molecule has 3 aromatic carbocycles. The maximum Gasteiger partial charge on any atom is 0.410 e. The van der Waals surface area contributed by atoms with E-state index in [1.807, 2.05) is 20.8 Å². The van der Waals surface area contributed by atoms with E-state index in [2.05, 4.69) is 5.32 Å². The van der Waals surface area contributed by atoms with Crippen molar-refractivity contribution in [3.63, 3.8) is 0 Å². The molecular formula is C33H39N3O7. The summed E-state index contributed by atoms with van der Waals surface area (Å²) in [6, 6.07) is 18.9. The van der Waals surface area contributed by atoms with Crippen molar-refractivity contribution >= 4 is 29.3 Å². The van der Waals surface area contributed by atoms with Crippen LogP contribution in [0, 0.1) is 0 Å². The zero-order chi connectivity index (χ0) is 31.1. The lowest BCUT2D eigenvalue weighted by Gasteiger charge is -2.33. The number of amides is 3. The van der Waals surface area contributed by atoms with Crippen molar-refractivity contribution in [1.29, 1.82) is 0 Å². The van der Waals surface area contributed by atoms with Gasteiger partial charge in [-0.3, -0.25) is 9.59 Å². The molecule has 1 saturated heterocycles. The summed E-state index contributed by atoms with van der Waals surface area (Å²) in [5.74, 6) is 0.0586. The Labute approximate surface area is 252 Å². The average Bonchev–Trinajstić information content (AvgIpc) is 3.00. The minimum Gasteiger partial charge on any atom is -0.495 e. The van der Waals surface area contributed by atoms with Crippen molar-refractivity contribution in [2.75, 3.05) is 37.5 Å². The average molecular weight is 590 g/mol. The van der Waals surface area contributed by atoms with Gasteiger partial charge in [0, 0.05) is 49.8 Å². The summed E-state index contributed by atoms with van der Waals surface area (Å²) in [6.07, 6.45) is 0.709. The van der Waals surface area contributed by atoms with E-state index in [1.54, 1.807) is 78.7 Å². The number of methoxy groups -OCH3 is 1. The van der Waals surface area contributed by atoms with E-state index in [4.69, 9.17) is 14.2 Å². The van der Waals surface area contributed by atoms with Gasteiger partial charge in [0.15, 0.2) is 0 Å². The molecule has 4 rings (SSSR count). The second-order valence-electron chi connectivity index (χ2n) is 11.3. The van der Waals surface area contributed by atoms with Crippen LogP contribution in [0.2, 0.25) is 0 Å². The summed E-state index contributed by atoms with van der Waals surface area (Å²) >= 11 is 0. The maximum atomic E-state index is 13.4. The highest BCUT2D eigenvalue weighted by Crippen LogP contribution is 2.30. The minimum atomic E-state index is -0.557. The summed E-state index contributed by atoms with van der Waals surface area (Å²) in [6.45, 7) is 6.31. The van der Waals surface area contributed by atoms with Gasteiger partial charge in [0.05, 0.1) is 25.0 Å². The molecule has 3 amide bonds. The number of benzene rings is 3. The van der Waals surface area contributed by atoms with Gasteiger partial charge in [0.2, 0.25) is 0 Å². The number of likely N-dealkylation sites (tertiary alicyclic amines) is 1. The molecule has 0 radical (unpaired) electrons. The molecule has 0 bridgehead atoms. The second kappa shape index (κ2) is 13.6. The first-order valence-electron chi connectivity index (χ1n) is 14.2. The zero-order valence-electron chi connectivity index (χ0n) is 25.3. The minimum absolute atomic E-state index is 0.166. The van der Waals surface area contributed by atoms with Gasteiger partial charge in [0.25, 0.3) is 11.8 Å². The Balaban J connectivity index is 1.43. The van der Waals surface area contributed by atoms with Crippen molar-refractivity contribution in [3.05, 3.63) is 83.4 Å². The number of rotatable bonds is 8. The van der Waals surface area contributed by atoms with E-state index in [9.17, 15) is 19.5 Å². The molecule has 1 aliphatic rings. The van der Waals surface area contributed by atoms with Gasteiger partial charge in [-0.15, -0.1) is 0 Å². The number of piperidine rings is 1. The van der Waals surface area contributed by atoms with E-state index in [-0.39, 0.29) is 24.7 Å². The Morgan fingerprint density at radius 2 is 1.65 bits per heavy atom. The molecule has 3 aromatic rings. The standard InChI is InChI=1S/C33H39N3O7/c1-33(2,3)43-32(40)36-18-16-24(17-19-36)42-28-13-9-7-11-25(28)30(38)34-26-15-14-22(20-29(26)41-5)31(39)35(4)27-12-8-6-10-23(27)21-37/h6-15,20,24,37H,16-19,21H2,1-5H3,(H,34,38). The summed E-state index contributed by atoms with van der Waals surface area (Å²) in [4.78, 5) is 42.2. The quantitative estimate of drug-likeness (QED) is 0.357. The number of nitrogens with zero attached hydrogens (tertiary/aromatic N) is 2. The third-order valence-electron chi connectivity index (χ3n) is 7.04. The smallest absolute Gasteiger partial charge is 0.410 e. The van der Waals surface area contributed by atoms with Crippen molar-refractivity contribution in [2.45, 2.75) is 51.9 Å². The predicted molar refractivity (Wildman–Crippen MR) is 164 cm³/mol. The summed E-state index contributed by atoms with van der Waals surface area (Å²) in [5, 5.41) is 12.5. The fourth-order valence-corrected chi connectivity index (χ4v) is 4.81. The molecule has 0 aliphatic carbocycles. The molecule has 228 valence electrons. The number of ether oxygens (including phenoxy) is 3. The lowest BCUT2D eigenvalue weighted by atomic mass is 10.1. The van der Waals surface area contributed by atoms with Gasteiger partial charge in [-0.25, -0.2) is 4.79 Å². The lowest BCUT2D eigenvalue weighted by Crippen LogP contribution is -2.44. The van der Waals surface area contributed by atoms with E-state index in [0.717, 1.165) is 0 Å². The third-order valence-corrected chi connectivity index (χ3v) is 7.04. The van der Waals surface area contributed by atoms with Crippen LogP contribution in [0.5, 0.6) is 11.5 Å². The Hall–Kier alpha value is -4.57. The zero-order valence-corrected chi connectivity index (χ0v) is 25.3. The highest BCUT2D eigenvalue weighted by atomic mass is 16.6. The fraction of sp³-hybridized carbons (Fsp3) is 0.364. The van der Waals surface area contributed by atoms with Crippen molar-refractivity contribution in [3.8, 4) is 11.5 Å². The molecule has 0 aromatic heterocycles. The number of carbonyl (C=O) groups is 3. The van der Waals surface area contributed by atoms with E-state index < -0.39 is 11.5 Å². The molecule has 1 aliphatic heterocycles. The topological polar surface area (TPSA) is 118 Å². The van der Waals surface area contributed by atoms with Crippen LogP contribution in [-0.2, 0) is 11.3 Å². The van der Waals surface area contributed by atoms with Crippen molar-refractivity contribution in [1.82, 2.24) is 4.90 Å². The molecule has 10 heteroatoms. The van der Waals surface area contributed by atoms with E-state index in [0.29, 0.717) is 65.5 Å². The number of hydrogen-bond donors (Lipinski definition) is 2. The lowest BCUT2D eigenvalue weighted by molar-refractivity contribution is 0.0126. The Bertz CT molecular complexity index is 1460. The molecule has 0 saturated carbocycles. The van der Waals surface area contributed by atoms with Crippen LogP contribution in [0.3, 0.4) is 0 Å². The summed E-state index contributed by atoms with van der Waals surface area (Å²) in [7, 11) is 3.10. The number of carbonyl (C=O) groups excluding carboxylic acids is 3. The SMILES string of the molecule is COc1cc(C(=O)N(C)c2ccccc2CO)ccc1NC(=O)c1ccccc1OC1CCN(C(=O)OC(C)(C)C)CC1. The molecule has 0 atom stereocenters. The molecule has 2 N–H and O–H groups in total. The van der Waals surface area contributed by atoms with Crippen molar-refractivity contribution < 1.29 is 33.7 Å². The predicted octanol–water partition coefficient (Wildman–Crippen LogP) is 5.49. The Morgan fingerprint density at radius 1 is 0.977 bits per heavy atom. The van der Waals surface area contributed by atoms with Gasteiger partial charge in [-0.2, -0.15) is 0 Å². The summed E-state index contributed by atoms with van der Waals surface area (Å²) < 4.78 is 17.2. The van der Waals surface area contributed by atoms with Crippen LogP contribution in [-0.4, -0.2) is 66.9 Å². The summed E-state index contributed by atoms with van der Waals surface area (Å²) in [5.41, 5.74) is 1.76. The van der Waals surface area contributed by atoms with Gasteiger partial charge >= 0.3 is 6.09 Å². The van der Waals surface area contributed by atoms with Crippen LogP contribution in [0.15, 0.2) is 66.7 Å². The Morgan fingerprint density at radius 3 is 2.33 bits per heavy atom. The molecule has 1 heterocycles. The normalized spacial score (nSPS) is 13.7. The first kappa shape index (κ1) is 31.4. The monoisotopic (exact) mass is 589 g/mol. The number of para-hydroxylation sites is 2. The fourth-order valence-electron chi connectivity index (χ4n) is 4.81. The number of nitrogens with one attached hydrogen (secondary N) is 1. The van der Waals surface area contributed by atoms with Gasteiger partial charge in [0.1, 0.15) is 23.2 Å². The van der Waals surface area contributed by atoms with Crippen molar-refractivity contribution in [2.24, 2.45) is 0 Å². The second-order valence-corrected chi connectivity index (χ2v) is 11.3. The van der Waals surface area contributed by atoms with E-state index >= 15 is 0 Å². The van der Waals surface area contributed by atoms with Crippen LogP contribution in [0.1, 0.15) is 59.9 Å². The molecular weight excluding hydrogens is 550 g/mol. The first-order valence-corrected chi connectivity index (χ1v) is 14.2. The molecule has 1 fully saturated rings. The number of hydrogen-bond acceptors (Lipinski definition) is 7. The molecule has 43 heavy (non-hydrogen) atoms. The Kier molecular flexibility index (Phi) is 9.92. The van der Waals surface area contributed by atoms with Crippen LogP contribution in [0.25, 0.3) is 0 Å². The highest BCUT2D eigenvalue weighted by Gasteiger charge is 2.28. The molecule has 0 spiro atoms. The number of anilines is 2. The van der Waals surface area contributed by atoms with E-state index in [1.165, 1.54) is 12.0 Å². The molecule has 0 unspecified atom stereocenters. The third kappa shape index (κ3) is 7.84. The molecule has 10 nitrogen and oxygen atoms in total. The highest BCUT2D eigenvalue weighted by molar-refractivity contribution is 6.09. The largest absolute Gasteiger partial charge is 0.495 e. The first-order chi connectivity index (χ1) is 20.5. The number of aliphatic hydroxyl groups is 1.